The molecule has 3 rings (SSSR count). The predicted octanol–water partition coefficient (Wildman–Crippen LogP) is 3.05. The van der Waals surface area contributed by atoms with Gasteiger partial charge >= 0.3 is 0 Å². The van der Waals surface area contributed by atoms with Crippen molar-refractivity contribution >= 4 is 44.2 Å². The van der Waals surface area contributed by atoms with E-state index in [9.17, 15) is 4.79 Å². The number of thiazole rings is 1. The van der Waals surface area contributed by atoms with E-state index in [1.54, 1.807) is 18.3 Å². The van der Waals surface area contributed by atoms with Crippen LogP contribution < -0.4 is 10.2 Å². The van der Waals surface area contributed by atoms with Crippen LogP contribution in [0.25, 0.3) is 10.2 Å². The fraction of sp³-hybridized carbons (Fsp3) is 0.429. The number of fused-ring (bicyclic) bond motifs is 1. The maximum Gasteiger partial charge on any atom is 0.217 e. The Morgan fingerprint density at radius 2 is 2.40 bits per heavy atom. The number of halogens is 1. The van der Waals surface area contributed by atoms with Crippen molar-refractivity contribution in [2.45, 2.75) is 25.8 Å². The first-order valence-corrected chi connectivity index (χ1v) is 7.90. The number of aromatic nitrogens is 1. The summed E-state index contributed by atoms with van der Waals surface area (Å²) < 4.78 is 1.11. The molecule has 1 unspecified atom stereocenters. The van der Waals surface area contributed by atoms with E-state index in [1.165, 1.54) is 0 Å². The van der Waals surface area contributed by atoms with Crippen LogP contribution in [0.4, 0.5) is 5.13 Å². The molecule has 1 aliphatic rings. The number of benzene rings is 1. The first-order chi connectivity index (χ1) is 9.63. The SMILES string of the molecule is CC(=O)NC1CCCN(c2nc3c(Cl)cccc3s2)C1. The number of hydrogen-bond donors (Lipinski definition) is 1. The van der Waals surface area contributed by atoms with Crippen LogP contribution in [0.2, 0.25) is 5.02 Å². The molecule has 6 heteroatoms. The summed E-state index contributed by atoms with van der Waals surface area (Å²) in [6.07, 6.45) is 2.09. The van der Waals surface area contributed by atoms with Gasteiger partial charge in [-0.25, -0.2) is 4.98 Å². The van der Waals surface area contributed by atoms with Crippen LogP contribution in [0.3, 0.4) is 0 Å². The van der Waals surface area contributed by atoms with Gasteiger partial charge in [0.05, 0.1) is 9.72 Å². The van der Waals surface area contributed by atoms with Gasteiger partial charge in [0, 0.05) is 26.1 Å². The Hall–Kier alpha value is -1.33. The Morgan fingerprint density at radius 3 is 3.15 bits per heavy atom. The molecule has 1 N–H and O–H groups in total. The van der Waals surface area contributed by atoms with Gasteiger partial charge in [0.1, 0.15) is 5.52 Å². The van der Waals surface area contributed by atoms with E-state index in [0.717, 1.165) is 41.3 Å². The fourth-order valence-corrected chi connectivity index (χ4v) is 3.89. The molecule has 106 valence electrons. The highest BCUT2D eigenvalue weighted by molar-refractivity contribution is 7.22. The molecule has 1 amide bonds. The van der Waals surface area contributed by atoms with Crippen molar-refractivity contribution < 1.29 is 4.79 Å². The third kappa shape index (κ3) is 2.74. The van der Waals surface area contributed by atoms with Gasteiger partial charge in [-0.3, -0.25) is 4.79 Å². The molecule has 0 aliphatic carbocycles. The van der Waals surface area contributed by atoms with Crippen LogP contribution in [0.1, 0.15) is 19.8 Å². The molecule has 1 aromatic heterocycles. The highest BCUT2D eigenvalue weighted by atomic mass is 35.5. The van der Waals surface area contributed by atoms with Gasteiger partial charge in [-0.1, -0.05) is 29.0 Å². The van der Waals surface area contributed by atoms with Gasteiger partial charge in [-0.15, -0.1) is 0 Å². The van der Waals surface area contributed by atoms with Crippen LogP contribution >= 0.6 is 22.9 Å². The lowest BCUT2D eigenvalue weighted by molar-refractivity contribution is -0.119. The van der Waals surface area contributed by atoms with Crippen molar-refractivity contribution in [2.75, 3.05) is 18.0 Å². The number of carbonyl (C=O) groups is 1. The number of hydrogen-bond acceptors (Lipinski definition) is 4. The standard InChI is InChI=1S/C14H16ClN3OS/c1-9(19)16-10-4-3-7-18(8-10)14-17-13-11(15)5-2-6-12(13)20-14/h2,5-6,10H,3-4,7-8H2,1H3,(H,16,19). The summed E-state index contributed by atoms with van der Waals surface area (Å²) in [5.74, 6) is 0.0317. The molecule has 2 aromatic rings. The predicted molar refractivity (Wildman–Crippen MR) is 83.7 cm³/mol. The summed E-state index contributed by atoms with van der Waals surface area (Å²) >= 11 is 7.83. The van der Waals surface area contributed by atoms with E-state index in [2.05, 4.69) is 15.2 Å². The fourth-order valence-electron chi connectivity index (χ4n) is 2.59. The molecule has 1 aliphatic heterocycles. The topological polar surface area (TPSA) is 45.2 Å². The number of nitrogens with zero attached hydrogens (tertiary/aromatic N) is 2. The molecular weight excluding hydrogens is 294 g/mol. The maximum atomic E-state index is 11.2. The van der Waals surface area contributed by atoms with Crippen LogP contribution in [0, 0.1) is 0 Å². The number of nitrogens with one attached hydrogen (secondary N) is 1. The van der Waals surface area contributed by atoms with E-state index < -0.39 is 0 Å². The number of amides is 1. The van der Waals surface area contributed by atoms with Crippen molar-refractivity contribution in [3.63, 3.8) is 0 Å². The van der Waals surface area contributed by atoms with E-state index >= 15 is 0 Å². The van der Waals surface area contributed by atoms with E-state index in [0.29, 0.717) is 5.02 Å². The molecule has 1 fully saturated rings. The molecule has 1 aromatic carbocycles. The average molecular weight is 310 g/mol. The van der Waals surface area contributed by atoms with Gasteiger partial charge in [-0.05, 0) is 25.0 Å². The highest BCUT2D eigenvalue weighted by Gasteiger charge is 2.23. The zero-order valence-electron chi connectivity index (χ0n) is 11.2. The van der Waals surface area contributed by atoms with E-state index in [4.69, 9.17) is 11.6 Å². The minimum absolute atomic E-state index is 0.0317. The lowest BCUT2D eigenvalue weighted by Gasteiger charge is -2.32. The summed E-state index contributed by atoms with van der Waals surface area (Å²) in [7, 11) is 0. The van der Waals surface area contributed by atoms with Crippen molar-refractivity contribution in [3.8, 4) is 0 Å². The monoisotopic (exact) mass is 309 g/mol. The van der Waals surface area contributed by atoms with Gasteiger partial charge in [0.25, 0.3) is 0 Å². The average Bonchev–Trinajstić information content (AvgIpc) is 2.84. The van der Waals surface area contributed by atoms with Crippen LogP contribution in [-0.4, -0.2) is 30.0 Å². The maximum absolute atomic E-state index is 11.2. The molecule has 4 nitrogen and oxygen atoms in total. The molecule has 0 saturated carbocycles. The Kier molecular flexibility index (Phi) is 3.81. The molecule has 20 heavy (non-hydrogen) atoms. The zero-order chi connectivity index (χ0) is 14.1. The first kappa shape index (κ1) is 13.6. The summed E-state index contributed by atoms with van der Waals surface area (Å²) in [5.41, 5.74) is 0.871. The molecule has 0 bridgehead atoms. The molecule has 2 heterocycles. The second kappa shape index (κ2) is 5.58. The summed E-state index contributed by atoms with van der Waals surface area (Å²) in [6.45, 7) is 3.36. The summed E-state index contributed by atoms with van der Waals surface area (Å²) in [6, 6.07) is 6.06. The second-order valence-corrected chi connectivity index (χ2v) is 6.49. The number of anilines is 1. The number of para-hydroxylation sites is 1. The zero-order valence-corrected chi connectivity index (χ0v) is 12.8. The quantitative estimate of drug-likeness (QED) is 0.927. The Balaban J connectivity index is 1.83. The van der Waals surface area contributed by atoms with Crippen molar-refractivity contribution in [3.05, 3.63) is 23.2 Å². The van der Waals surface area contributed by atoms with Gasteiger partial charge in [-0.2, -0.15) is 0 Å². The van der Waals surface area contributed by atoms with Crippen LogP contribution in [0.5, 0.6) is 0 Å². The Morgan fingerprint density at radius 1 is 1.55 bits per heavy atom. The van der Waals surface area contributed by atoms with Gasteiger partial charge < -0.3 is 10.2 Å². The lowest BCUT2D eigenvalue weighted by Crippen LogP contribution is -2.47. The minimum atomic E-state index is 0.0317. The number of piperidine rings is 1. The van der Waals surface area contributed by atoms with Crippen molar-refractivity contribution in [2.24, 2.45) is 0 Å². The Bertz CT molecular complexity index is 642. The smallest absolute Gasteiger partial charge is 0.217 e. The summed E-state index contributed by atoms with van der Waals surface area (Å²) in [4.78, 5) is 18.1. The second-order valence-electron chi connectivity index (χ2n) is 5.07. The molecule has 1 atom stereocenters. The van der Waals surface area contributed by atoms with Crippen LogP contribution in [-0.2, 0) is 4.79 Å². The molecule has 0 radical (unpaired) electrons. The van der Waals surface area contributed by atoms with E-state index in [-0.39, 0.29) is 11.9 Å². The van der Waals surface area contributed by atoms with Gasteiger partial charge in [0.2, 0.25) is 5.91 Å². The van der Waals surface area contributed by atoms with Crippen molar-refractivity contribution in [1.82, 2.24) is 10.3 Å². The first-order valence-electron chi connectivity index (χ1n) is 6.70. The molecular formula is C14H16ClN3OS. The third-order valence-corrected chi connectivity index (χ3v) is 4.84. The summed E-state index contributed by atoms with van der Waals surface area (Å²) in [5, 5.41) is 4.68. The van der Waals surface area contributed by atoms with Crippen LogP contribution in [0.15, 0.2) is 18.2 Å². The normalized spacial score (nSPS) is 19.3. The molecule has 1 saturated heterocycles. The van der Waals surface area contributed by atoms with E-state index in [1.807, 2.05) is 18.2 Å². The van der Waals surface area contributed by atoms with Crippen molar-refractivity contribution in [1.29, 1.82) is 0 Å². The Labute approximate surface area is 126 Å². The largest absolute Gasteiger partial charge is 0.352 e. The minimum Gasteiger partial charge on any atom is -0.352 e. The number of rotatable bonds is 2. The number of carbonyl (C=O) groups excluding carboxylic acids is 1. The molecule has 0 spiro atoms. The third-order valence-electron chi connectivity index (χ3n) is 3.46. The highest BCUT2D eigenvalue weighted by Crippen LogP contribution is 2.33. The lowest BCUT2D eigenvalue weighted by atomic mass is 10.1. The van der Waals surface area contributed by atoms with Gasteiger partial charge in [0.15, 0.2) is 5.13 Å².